The second-order valence-corrected chi connectivity index (χ2v) is 7.33. The summed E-state index contributed by atoms with van der Waals surface area (Å²) in [7, 11) is 0. The summed E-state index contributed by atoms with van der Waals surface area (Å²) in [5.74, 6) is 0. The van der Waals surface area contributed by atoms with E-state index in [0.29, 0.717) is 0 Å². The maximum absolute atomic E-state index is 4.95. The van der Waals surface area contributed by atoms with Gasteiger partial charge in [0.1, 0.15) is 0 Å². The summed E-state index contributed by atoms with van der Waals surface area (Å²) in [6.45, 7) is 2.92. The Morgan fingerprint density at radius 2 is 1.68 bits per heavy atom. The van der Waals surface area contributed by atoms with Gasteiger partial charge in [0.15, 0.2) is 0 Å². The lowest BCUT2D eigenvalue weighted by Gasteiger charge is -2.03. The van der Waals surface area contributed by atoms with Gasteiger partial charge in [0.05, 0.1) is 17.8 Å². The van der Waals surface area contributed by atoms with Crippen molar-refractivity contribution < 1.29 is 0 Å². The van der Waals surface area contributed by atoms with Gasteiger partial charge in [-0.2, -0.15) is 5.10 Å². The number of hydrogen-bond donors (Lipinski definition) is 0. The van der Waals surface area contributed by atoms with E-state index in [0.717, 1.165) is 23.1 Å². The summed E-state index contributed by atoms with van der Waals surface area (Å²) >= 11 is 3.60. The van der Waals surface area contributed by atoms with E-state index in [1.165, 1.54) is 27.6 Å². The van der Waals surface area contributed by atoms with Gasteiger partial charge in [-0.15, -0.1) is 0 Å². The van der Waals surface area contributed by atoms with E-state index in [-0.39, 0.29) is 0 Å². The summed E-state index contributed by atoms with van der Waals surface area (Å²) < 4.78 is 3.20. The van der Waals surface area contributed by atoms with Crippen LogP contribution in [-0.4, -0.2) is 9.78 Å². The third kappa shape index (κ3) is 3.52. The minimum Gasteiger partial charge on any atom is -0.260 e. The predicted octanol–water partition coefficient (Wildman–Crippen LogP) is 5.75. The standard InChI is InChI=1S/C22H19BrN2/c1-16-6-5-9-18(12-16)13-21-20-14-19(23)10-11-22(20)25(24-21)15-17-7-3-2-4-8-17/h2-12,14H,13,15H2,1H3. The molecule has 0 aliphatic rings. The molecule has 0 fully saturated rings. The molecular formula is C22H19BrN2. The Morgan fingerprint density at radius 3 is 2.48 bits per heavy atom. The molecule has 1 aromatic heterocycles. The van der Waals surface area contributed by atoms with Crippen LogP contribution in [0.4, 0.5) is 0 Å². The van der Waals surface area contributed by atoms with E-state index in [9.17, 15) is 0 Å². The fraction of sp³-hybridized carbons (Fsp3) is 0.136. The van der Waals surface area contributed by atoms with Crippen LogP contribution in [0.2, 0.25) is 0 Å². The molecule has 0 saturated carbocycles. The van der Waals surface area contributed by atoms with Gasteiger partial charge < -0.3 is 0 Å². The van der Waals surface area contributed by atoms with E-state index in [1.807, 2.05) is 6.07 Å². The highest BCUT2D eigenvalue weighted by molar-refractivity contribution is 9.10. The molecule has 0 aliphatic carbocycles. The van der Waals surface area contributed by atoms with Crippen molar-refractivity contribution in [2.45, 2.75) is 19.9 Å². The summed E-state index contributed by atoms with van der Waals surface area (Å²) in [6.07, 6.45) is 0.844. The molecule has 3 heteroatoms. The smallest absolute Gasteiger partial charge is 0.0747 e. The van der Waals surface area contributed by atoms with Crippen LogP contribution in [0.1, 0.15) is 22.4 Å². The minimum absolute atomic E-state index is 0.785. The van der Waals surface area contributed by atoms with Gasteiger partial charge in [0.25, 0.3) is 0 Å². The van der Waals surface area contributed by atoms with E-state index >= 15 is 0 Å². The Bertz CT molecular complexity index is 1020. The maximum Gasteiger partial charge on any atom is 0.0747 e. The lowest BCUT2D eigenvalue weighted by molar-refractivity contribution is 0.698. The average molecular weight is 391 g/mol. The van der Waals surface area contributed by atoms with Crippen molar-refractivity contribution >= 4 is 26.8 Å². The molecule has 0 bridgehead atoms. The Labute approximate surface area is 156 Å². The second-order valence-electron chi connectivity index (χ2n) is 6.42. The molecule has 0 unspecified atom stereocenters. The molecule has 25 heavy (non-hydrogen) atoms. The van der Waals surface area contributed by atoms with Gasteiger partial charge >= 0.3 is 0 Å². The number of hydrogen-bond acceptors (Lipinski definition) is 1. The highest BCUT2D eigenvalue weighted by Gasteiger charge is 2.12. The Kier molecular flexibility index (Phi) is 4.41. The van der Waals surface area contributed by atoms with Crippen molar-refractivity contribution in [1.82, 2.24) is 9.78 Å². The SMILES string of the molecule is Cc1cccc(Cc2nn(Cc3ccccc3)c3ccc(Br)cc23)c1. The van der Waals surface area contributed by atoms with Crippen LogP contribution in [0.5, 0.6) is 0 Å². The monoisotopic (exact) mass is 390 g/mol. The first-order chi connectivity index (χ1) is 12.2. The highest BCUT2D eigenvalue weighted by atomic mass is 79.9. The van der Waals surface area contributed by atoms with E-state index in [4.69, 9.17) is 5.10 Å². The van der Waals surface area contributed by atoms with Crippen molar-refractivity contribution in [3.05, 3.63) is 99.7 Å². The molecule has 0 atom stereocenters. The van der Waals surface area contributed by atoms with Crippen molar-refractivity contribution in [2.24, 2.45) is 0 Å². The Morgan fingerprint density at radius 1 is 0.880 bits per heavy atom. The molecule has 3 aromatic carbocycles. The van der Waals surface area contributed by atoms with Gasteiger partial charge in [-0.25, -0.2) is 0 Å². The van der Waals surface area contributed by atoms with Gasteiger partial charge in [0, 0.05) is 16.3 Å². The van der Waals surface area contributed by atoms with Crippen LogP contribution in [0.25, 0.3) is 10.9 Å². The van der Waals surface area contributed by atoms with Crippen LogP contribution in [0.15, 0.2) is 77.3 Å². The topological polar surface area (TPSA) is 17.8 Å². The van der Waals surface area contributed by atoms with Crippen LogP contribution in [-0.2, 0) is 13.0 Å². The summed E-state index contributed by atoms with van der Waals surface area (Å²) in [5.41, 5.74) is 6.14. The molecule has 0 spiro atoms. The Balaban J connectivity index is 1.77. The molecule has 4 rings (SSSR count). The molecular weight excluding hydrogens is 372 g/mol. The van der Waals surface area contributed by atoms with Crippen molar-refractivity contribution in [3.8, 4) is 0 Å². The highest BCUT2D eigenvalue weighted by Crippen LogP contribution is 2.26. The molecule has 4 aromatic rings. The van der Waals surface area contributed by atoms with Gasteiger partial charge in [-0.05, 0) is 36.2 Å². The zero-order chi connectivity index (χ0) is 17.2. The van der Waals surface area contributed by atoms with Crippen LogP contribution < -0.4 is 0 Å². The summed E-state index contributed by atoms with van der Waals surface area (Å²) in [4.78, 5) is 0. The van der Waals surface area contributed by atoms with E-state index < -0.39 is 0 Å². The third-order valence-corrected chi connectivity index (χ3v) is 4.91. The first-order valence-electron chi connectivity index (χ1n) is 8.43. The number of benzene rings is 3. The number of rotatable bonds is 4. The molecule has 1 heterocycles. The fourth-order valence-corrected chi connectivity index (χ4v) is 3.60. The number of fused-ring (bicyclic) bond motifs is 1. The number of nitrogens with zero attached hydrogens (tertiary/aromatic N) is 2. The molecule has 0 amide bonds. The first kappa shape index (κ1) is 16.1. The first-order valence-corrected chi connectivity index (χ1v) is 9.23. The average Bonchev–Trinajstić information content (AvgIpc) is 2.92. The number of aromatic nitrogens is 2. The van der Waals surface area contributed by atoms with Gasteiger partial charge in [-0.3, -0.25) is 4.68 Å². The molecule has 0 saturated heterocycles. The zero-order valence-electron chi connectivity index (χ0n) is 14.1. The van der Waals surface area contributed by atoms with Crippen molar-refractivity contribution in [2.75, 3.05) is 0 Å². The largest absolute Gasteiger partial charge is 0.260 e. The lowest BCUT2D eigenvalue weighted by Crippen LogP contribution is -2.02. The molecule has 0 radical (unpaired) electrons. The summed E-state index contributed by atoms with van der Waals surface area (Å²) in [5, 5.41) is 6.16. The third-order valence-electron chi connectivity index (χ3n) is 4.42. The van der Waals surface area contributed by atoms with E-state index in [1.54, 1.807) is 0 Å². The molecule has 2 nitrogen and oxygen atoms in total. The van der Waals surface area contributed by atoms with E-state index in [2.05, 4.69) is 94.3 Å². The van der Waals surface area contributed by atoms with Crippen molar-refractivity contribution in [3.63, 3.8) is 0 Å². The molecule has 0 aliphatic heterocycles. The second kappa shape index (κ2) is 6.85. The molecule has 0 N–H and O–H groups in total. The van der Waals surface area contributed by atoms with Gasteiger partial charge in [-0.1, -0.05) is 76.1 Å². The Hall–Kier alpha value is -2.39. The van der Waals surface area contributed by atoms with Crippen molar-refractivity contribution in [1.29, 1.82) is 0 Å². The lowest BCUT2D eigenvalue weighted by atomic mass is 10.0. The van der Waals surface area contributed by atoms with Crippen LogP contribution in [0, 0.1) is 6.92 Å². The normalized spacial score (nSPS) is 11.1. The fourth-order valence-electron chi connectivity index (χ4n) is 3.24. The van der Waals surface area contributed by atoms with Crippen LogP contribution in [0.3, 0.4) is 0 Å². The quantitative estimate of drug-likeness (QED) is 0.433. The minimum atomic E-state index is 0.785. The number of halogens is 1. The molecule has 124 valence electrons. The van der Waals surface area contributed by atoms with Gasteiger partial charge in [0.2, 0.25) is 0 Å². The maximum atomic E-state index is 4.95. The van der Waals surface area contributed by atoms with Crippen LogP contribution >= 0.6 is 15.9 Å². The summed E-state index contributed by atoms with van der Waals surface area (Å²) in [6, 6.07) is 25.6. The number of aryl methyl sites for hydroxylation is 1. The predicted molar refractivity (Wildman–Crippen MR) is 107 cm³/mol. The zero-order valence-corrected chi connectivity index (χ0v) is 15.7.